The van der Waals surface area contributed by atoms with E-state index in [1.807, 2.05) is 11.0 Å². The van der Waals surface area contributed by atoms with E-state index in [1.54, 1.807) is 12.4 Å². The highest BCUT2D eigenvalue weighted by Gasteiger charge is 2.30. The first-order chi connectivity index (χ1) is 9.53. The molecule has 0 atom stereocenters. The number of piperidine rings is 1. The standard InChI is InChI=1S/C16H25N3O/c1-4-8-18-14-6-9-17-11-13(14)15(20)19-10-5-7-16(2,3)12-19/h6,9,11H,4-5,7-8,10,12H2,1-3H3,(H,17,18). The minimum Gasteiger partial charge on any atom is -0.384 e. The summed E-state index contributed by atoms with van der Waals surface area (Å²) in [4.78, 5) is 18.8. The fourth-order valence-electron chi connectivity index (χ4n) is 2.75. The number of anilines is 1. The Hall–Kier alpha value is -1.58. The molecule has 0 unspecified atom stereocenters. The number of rotatable bonds is 4. The fraction of sp³-hybridized carbons (Fsp3) is 0.625. The van der Waals surface area contributed by atoms with Crippen molar-refractivity contribution in [1.29, 1.82) is 0 Å². The van der Waals surface area contributed by atoms with Gasteiger partial charge in [0, 0.05) is 32.0 Å². The molecule has 1 saturated heterocycles. The summed E-state index contributed by atoms with van der Waals surface area (Å²) in [7, 11) is 0. The molecule has 4 heteroatoms. The van der Waals surface area contributed by atoms with E-state index in [9.17, 15) is 4.79 Å². The van der Waals surface area contributed by atoms with E-state index in [-0.39, 0.29) is 11.3 Å². The van der Waals surface area contributed by atoms with Gasteiger partial charge in [0.05, 0.1) is 11.3 Å². The molecule has 0 radical (unpaired) electrons. The Morgan fingerprint density at radius 2 is 2.30 bits per heavy atom. The van der Waals surface area contributed by atoms with Crippen molar-refractivity contribution in [3.05, 3.63) is 24.0 Å². The van der Waals surface area contributed by atoms with Gasteiger partial charge in [-0.3, -0.25) is 9.78 Å². The van der Waals surface area contributed by atoms with Crippen LogP contribution in [-0.2, 0) is 0 Å². The monoisotopic (exact) mass is 275 g/mol. The lowest BCUT2D eigenvalue weighted by Crippen LogP contribution is -2.43. The average Bonchev–Trinajstić information content (AvgIpc) is 2.43. The van der Waals surface area contributed by atoms with E-state index in [1.165, 1.54) is 6.42 Å². The number of hydrogen-bond donors (Lipinski definition) is 1. The number of amides is 1. The van der Waals surface area contributed by atoms with Gasteiger partial charge in [-0.25, -0.2) is 0 Å². The number of nitrogens with one attached hydrogen (secondary N) is 1. The van der Waals surface area contributed by atoms with Crippen molar-refractivity contribution in [2.45, 2.75) is 40.0 Å². The third-order valence-corrected chi connectivity index (χ3v) is 3.80. The van der Waals surface area contributed by atoms with Gasteiger partial charge in [-0.15, -0.1) is 0 Å². The summed E-state index contributed by atoms with van der Waals surface area (Å²) < 4.78 is 0. The Kier molecular flexibility index (Phi) is 4.63. The molecular weight excluding hydrogens is 250 g/mol. The van der Waals surface area contributed by atoms with Gasteiger partial charge < -0.3 is 10.2 Å². The van der Waals surface area contributed by atoms with Crippen LogP contribution in [0.15, 0.2) is 18.5 Å². The van der Waals surface area contributed by atoms with Gasteiger partial charge in [-0.2, -0.15) is 0 Å². The zero-order chi connectivity index (χ0) is 14.6. The molecule has 1 aromatic heterocycles. The number of aromatic nitrogens is 1. The third-order valence-electron chi connectivity index (χ3n) is 3.80. The summed E-state index contributed by atoms with van der Waals surface area (Å²) in [6, 6.07) is 1.89. The Balaban J connectivity index is 2.16. The summed E-state index contributed by atoms with van der Waals surface area (Å²) in [5, 5.41) is 3.32. The molecule has 1 amide bonds. The van der Waals surface area contributed by atoms with Gasteiger partial charge in [0.15, 0.2) is 0 Å². The van der Waals surface area contributed by atoms with Crippen LogP contribution >= 0.6 is 0 Å². The van der Waals surface area contributed by atoms with E-state index in [4.69, 9.17) is 0 Å². The van der Waals surface area contributed by atoms with Crippen LogP contribution in [0.4, 0.5) is 5.69 Å². The predicted octanol–water partition coefficient (Wildman–Crippen LogP) is 3.17. The average molecular weight is 275 g/mol. The summed E-state index contributed by atoms with van der Waals surface area (Å²) in [6.07, 6.45) is 6.71. The van der Waals surface area contributed by atoms with Crippen LogP contribution in [0.3, 0.4) is 0 Å². The van der Waals surface area contributed by atoms with Crippen molar-refractivity contribution in [1.82, 2.24) is 9.88 Å². The minimum atomic E-state index is 0.101. The number of carbonyl (C=O) groups excluding carboxylic acids is 1. The number of likely N-dealkylation sites (tertiary alicyclic amines) is 1. The zero-order valence-electron chi connectivity index (χ0n) is 12.8. The summed E-state index contributed by atoms with van der Waals surface area (Å²) >= 11 is 0. The summed E-state index contributed by atoms with van der Waals surface area (Å²) in [5.74, 6) is 0.101. The maximum atomic E-state index is 12.7. The van der Waals surface area contributed by atoms with Crippen LogP contribution in [-0.4, -0.2) is 35.4 Å². The highest BCUT2D eigenvalue weighted by molar-refractivity contribution is 5.99. The lowest BCUT2D eigenvalue weighted by molar-refractivity contribution is 0.0584. The first kappa shape index (κ1) is 14.8. The largest absolute Gasteiger partial charge is 0.384 e. The van der Waals surface area contributed by atoms with Crippen molar-refractivity contribution in [2.75, 3.05) is 25.0 Å². The Morgan fingerprint density at radius 3 is 3.00 bits per heavy atom. The summed E-state index contributed by atoms with van der Waals surface area (Å²) in [6.45, 7) is 9.12. The van der Waals surface area contributed by atoms with E-state index in [0.29, 0.717) is 5.56 Å². The first-order valence-electron chi connectivity index (χ1n) is 7.51. The van der Waals surface area contributed by atoms with Gasteiger partial charge in [0.1, 0.15) is 0 Å². The third kappa shape index (κ3) is 3.50. The van der Waals surface area contributed by atoms with E-state index in [2.05, 4.69) is 31.1 Å². The Labute approximate surface area is 121 Å². The number of pyridine rings is 1. The molecule has 1 fully saturated rings. The van der Waals surface area contributed by atoms with Gasteiger partial charge in [-0.1, -0.05) is 20.8 Å². The molecule has 2 rings (SSSR count). The number of carbonyl (C=O) groups is 1. The van der Waals surface area contributed by atoms with Crippen molar-refractivity contribution in [3.8, 4) is 0 Å². The quantitative estimate of drug-likeness (QED) is 0.918. The second-order valence-corrected chi connectivity index (χ2v) is 6.34. The molecule has 0 aromatic carbocycles. The van der Waals surface area contributed by atoms with Crippen LogP contribution in [0.2, 0.25) is 0 Å². The predicted molar refractivity (Wildman–Crippen MR) is 81.9 cm³/mol. The summed E-state index contributed by atoms with van der Waals surface area (Å²) in [5.41, 5.74) is 1.81. The second-order valence-electron chi connectivity index (χ2n) is 6.34. The molecule has 1 aromatic rings. The van der Waals surface area contributed by atoms with Gasteiger partial charge >= 0.3 is 0 Å². The highest BCUT2D eigenvalue weighted by Crippen LogP contribution is 2.30. The smallest absolute Gasteiger partial charge is 0.257 e. The van der Waals surface area contributed by atoms with Crippen molar-refractivity contribution < 1.29 is 4.79 Å². The fourth-order valence-corrected chi connectivity index (χ4v) is 2.75. The van der Waals surface area contributed by atoms with Crippen molar-refractivity contribution in [3.63, 3.8) is 0 Å². The normalized spacial score (nSPS) is 17.9. The molecule has 110 valence electrons. The van der Waals surface area contributed by atoms with Crippen LogP contribution in [0.5, 0.6) is 0 Å². The van der Waals surface area contributed by atoms with E-state index >= 15 is 0 Å². The molecule has 4 nitrogen and oxygen atoms in total. The first-order valence-corrected chi connectivity index (χ1v) is 7.51. The zero-order valence-corrected chi connectivity index (χ0v) is 12.8. The maximum Gasteiger partial charge on any atom is 0.257 e. The molecule has 0 bridgehead atoms. The van der Waals surface area contributed by atoms with Gasteiger partial charge in [0.25, 0.3) is 5.91 Å². The van der Waals surface area contributed by atoms with Crippen LogP contribution in [0.25, 0.3) is 0 Å². The second kappa shape index (κ2) is 6.25. The van der Waals surface area contributed by atoms with Crippen molar-refractivity contribution in [2.24, 2.45) is 5.41 Å². The van der Waals surface area contributed by atoms with Crippen LogP contribution in [0.1, 0.15) is 50.4 Å². The minimum absolute atomic E-state index is 0.101. The molecule has 1 aliphatic rings. The Morgan fingerprint density at radius 1 is 1.50 bits per heavy atom. The van der Waals surface area contributed by atoms with E-state index < -0.39 is 0 Å². The topological polar surface area (TPSA) is 45.2 Å². The van der Waals surface area contributed by atoms with Crippen molar-refractivity contribution >= 4 is 11.6 Å². The van der Waals surface area contributed by atoms with Gasteiger partial charge in [-0.05, 0) is 30.7 Å². The highest BCUT2D eigenvalue weighted by atomic mass is 16.2. The molecule has 0 aliphatic carbocycles. The lowest BCUT2D eigenvalue weighted by Gasteiger charge is -2.38. The SMILES string of the molecule is CCCNc1ccncc1C(=O)N1CCCC(C)(C)C1. The Bertz CT molecular complexity index is 471. The molecule has 0 saturated carbocycles. The molecule has 20 heavy (non-hydrogen) atoms. The van der Waals surface area contributed by atoms with Crippen LogP contribution < -0.4 is 5.32 Å². The lowest BCUT2D eigenvalue weighted by atomic mass is 9.84. The molecule has 2 heterocycles. The van der Waals surface area contributed by atoms with Crippen LogP contribution in [0, 0.1) is 5.41 Å². The molecule has 1 aliphatic heterocycles. The van der Waals surface area contributed by atoms with E-state index in [0.717, 1.165) is 38.2 Å². The molecule has 1 N–H and O–H groups in total. The van der Waals surface area contributed by atoms with Gasteiger partial charge in [0.2, 0.25) is 0 Å². The molecule has 0 spiro atoms. The number of nitrogens with zero attached hydrogens (tertiary/aromatic N) is 2. The maximum absolute atomic E-state index is 12.7. The number of hydrogen-bond acceptors (Lipinski definition) is 3. The molecular formula is C16H25N3O.